The van der Waals surface area contributed by atoms with Gasteiger partial charge in [0, 0.05) is 23.4 Å². The monoisotopic (exact) mass is 412 g/mol. The Morgan fingerprint density at radius 2 is 1.48 bits per heavy atom. The molecular formula is C24H48N2O3. The Labute approximate surface area is 179 Å². The van der Waals surface area contributed by atoms with Crippen molar-refractivity contribution in [2.45, 2.75) is 125 Å². The highest BCUT2D eigenvalue weighted by Crippen LogP contribution is 2.30. The molecule has 0 bridgehead atoms. The van der Waals surface area contributed by atoms with Gasteiger partial charge in [-0.3, -0.25) is 9.59 Å². The molecule has 29 heavy (non-hydrogen) atoms. The van der Waals surface area contributed by atoms with Gasteiger partial charge in [0.1, 0.15) is 5.60 Å². The maximum absolute atomic E-state index is 13.4. The molecule has 0 spiro atoms. The zero-order valence-electron chi connectivity index (χ0n) is 20.9. The molecule has 0 saturated heterocycles. The number of esters is 1. The van der Waals surface area contributed by atoms with Crippen LogP contribution < -0.4 is 11.1 Å². The molecule has 2 atom stereocenters. The zero-order valence-corrected chi connectivity index (χ0v) is 20.9. The molecule has 0 aliphatic rings. The second-order valence-electron chi connectivity index (χ2n) is 11.5. The molecule has 5 nitrogen and oxygen atoms in total. The highest BCUT2D eigenvalue weighted by molar-refractivity contribution is 5.89. The van der Waals surface area contributed by atoms with Gasteiger partial charge in [0.25, 0.3) is 0 Å². The number of nitrogens with one attached hydrogen (secondary N) is 1. The van der Waals surface area contributed by atoms with Gasteiger partial charge in [-0.1, -0.05) is 41.5 Å². The third kappa shape index (κ3) is 11.1. The summed E-state index contributed by atoms with van der Waals surface area (Å²) in [6.07, 6.45) is 2.35. The number of carbonyl (C=O) groups is 2. The fraction of sp³-hybridized carbons (Fsp3) is 0.917. The summed E-state index contributed by atoms with van der Waals surface area (Å²) in [4.78, 5) is 25.7. The van der Waals surface area contributed by atoms with Gasteiger partial charge in [0.05, 0.1) is 6.04 Å². The summed E-state index contributed by atoms with van der Waals surface area (Å²) in [5.74, 6) is 0.604. The summed E-state index contributed by atoms with van der Waals surface area (Å²) < 4.78 is 5.44. The molecule has 0 rings (SSSR count). The fourth-order valence-corrected chi connectivity index (χ4v) is 3.53. The molecule has 0 aromatic heterocycles. The molecule has 0 saturated carbocycles. The van der Waals surface area contributed by atoms with Crippen LogP contribution in [0.25, 0.3) is 0 Å². The number of Topliss-reactive ketones (excluding diaryl/α,β-unsaturated/α-hetero) is 1. The SMILES string of the molecule is CC(C)C[C@H](N)CC(C)(C)N[C@@H](CCC(=O)OC(C)(C)C)C(=O)C(C)(C)C(C)C. The first kappa shape index (κ1) is 28.1. The largest absolute Gasteiger partial charge is 0.460 e. The van der Waals surface area contributed by atoms with Gasteiger partial charge in [0.2, 0.25) is 0 Å². The molecule has 172 valence electrons. The maximum atomic E-state index is 13.4. The number of hydrogen-bond acceptors (Lipinski definition) is 5. The van der Waals surface area contributed by atoms with E-state index in [0.717, 1.165) is 12.8 Å². The van der Waals surface area contributed by atoms with Crippen molar-refractivity contribution in [3.05, 3.63) is 0 Å². The van der Waals surface area contributed by atoms with E-state index in [-0.39, 0.29) is 35.7 Å². The van der Waals surface area contributed by atoms with Crippen molar-refractivity contribution in [1.82, 2.24) is 5.32 Å². The summed E-state index contributed by atoms with van der Waals surface area (Å²) >= 11 is 0. The second kappa shape index (κ2) is 10.9. The van der Waals surface area contributed by atoms with E-state index >= 15 is 0 Å². The van der Waals surface area contributed by atoms with E-state index in [1.807, 2.05) is 34.6 Å². The summed E-state index contributed by atoms with van der Waals surface area (Å²) in [7, 11) is 0. The van der Waals surface area contributed by atoms with Crippen molar-refractivity contribution in [1.29, 1.82) is 0 Å². The second-order valence-corrected chi connectivity index (χ2v) is 11.5. The van der Waals surface area contributed by atoms with Crippen molar-refractivity contribution in [3.63, 3.8) is 0 Å². The molecular weight excluding hydrogens is 364 g/mol. The minimum Gasteiger partial charge on any atom is -0.460 e. The predicted octanol–water partition coefficient (Wildman–Crippen LogP) is 4.86. The van der Waals surface area contributed by atoms with Crippen molar-refractivity contribution >= 4 is 11.8 Å². The smallest absolute Gasteiger partial charge is 0.306 e. The first-order chi connectivity index (χ1) is 12.9. The highest BCUT2D eigenvalue weighted by Gasteiger charge is 2.38. The van der Waals surface area contributed by atoms with Crippen LogP contribution in [-0.4, -0.2) is 35.0 Å². The van der Waals surface area contributed by atoms with Gasteiger partial charge in [-0.15, -0.1) is 0 Å². The Balaban J connectivity index is 5.37. The van der Waals surface area contributed by atoms with Crippen molar-refractivity contribution in [3.8, 4) is 0 Å². The first-order valence-electron chi connectivity index (χ1n) is 11.2. The Bertz CT molecular complexity index is 531. The van der Waals surface area contributed by atoms with Crippen LogP contribution in [0.2, 0.25) is 0 Å². The molecule has 0 aromatic rings. The van der Waals surface area contributed by atoms with E-state index < -0.39 is 17.1 Å². The van der Waals surface area contributed by atoms with E-state index in [0.29, 0.717) is 12.3 Å². The molecule has 0 amide bonds. The number of hydrogen-bond donors (Lipinski definition) is 2. The van der Waals surface area contributed by atoms with Crippen LogP contribution in [0.4, 0.5) is 0 Å². The van der Waals surface area contributed by atoms with Crippen LogP contribution in [0, 0.1) is 17.3 Å². The van der Waals surface area contributed by atoms with Gasteiger partial charge >= 0.3 is 5.97 Å². The van der Waals surface area contributed by atoms with Crippen LogP contribution in [0.3, 0.4) is 0 Å². The lowest BCUT2D eigenvalue weighted by atomic mass is 9.73. The molecule has 0 aliphatic heterocycles. The Kier molecular flexibility index (Phi) is 10.5. The van der Waals surface area contributed by atoms with E-state index in [1.54, 1.807) is 0 Å². The molecule has 0 fully saturated rings. The maximum Gasteiger partial charge on any atom is 0.306 e. The average molecular weight is 413 g/mol. The summed E-state index contributed by atoms with van der Waals surface area (Å²) in [6.45, 7) is 22.2. The van der Waals surface area contributed by atoms with E-state index in [1.165, 1.54) is 0 Å². The third-order valence-electron chi connectivity index (χ3n) is 5.56. The Morgan fingerprint density at radius 3 is 1.90 bits per heavy atom. The summed E-state index contributed by atoms with van der Waals surface area (Å²) in [6, 6.07) is -0.349. The van der Waals surface area contributed by atoms with E-state index in [4.69, 9.17) is 10.5 Å². The molecule has 0 radical (unpaired) electrons. The number of rotatable bonds is 12. The van der Waals surface area contributed by atoms with Crippen LogP contribution in [0.5, 0.6) is 0 Å². The molecule has 5 heteroatoms. The van der Waals surface area contributed by atoms with Crippen molar-refractivity contribution in [2.24, 2.45) is 23.0 Å². The number of ether oxygens (including phenoxy) is 1. The van der Waals surface area contributed by atoms with Gasteiger partial charge in [-0.2, -0.15) is 0 Å². The lowest BCUT2D eigenvalue weighted by molar-refractivity contribution is -0.155. The van der Waals surface area contributed by atoms with E-state index in [9.17, 15) is 9.59 Å². The summed E-state index contributed by atoms with van der Waals surface area (Å²) in [5, 5.41) is 3.54. The van der Waals surface area contributed by atoms with Crippen LogP contribution in [0.1, 0.15) is 102 Å². The standard InChI is InChI=1S/C24H48N2O3/c1-16(2)14-18(25)15-23(8,9)26-19(21(28)24(10,11)17(3)4)12-13-20(27)29-22(5,6)7/h16-19,26H,12-15,25H2,1-11H3/t18-,19-/m0/s1. The highest BCUT2D eigenvalue weighted by atomic mass is 16.6. The number of nitrogens with two attached hydrogens (primary N) is 1. The fourth-order valence-electron chi connectivity index (χ4n) is 3.53. The molecule has 0 aromatic carbocycles. The topological polar surface area (TPSA) is 81.4 Å². The van der Waals surface area contributed by atoms with Gasteiger partial charge in [-0.05, 0) is 65.7 Å². The summed E-state index contributed by atoms with van der Waals surface area (Å²) in [5.41, 5.74) is 5.02. The minimum atomic E-state index is -0.524. The van der Waals surface area contributed by atoms with E-state index in [2.05, 4.69) is 46.9 Å². The Hall–Kier alpha value is -0.940. The molecule has 0 aliphatic carbocycles. The number of carbonyl (C=O) groups excluding carboxylic acids is 2. The molecule has 0 heterocycles. The van der Waals surface area contributed by atoms with Gasteiger partial charge < -0.3 is 15.8 Å². The van der Waals surface area contributed by atoms with Crippen LogP contribution in [-0.2, 0) is 14.3 Å². The zero-order chi connectivity index (χ0) is 23.2. The first-order valence-corrected chi connectivity index (χ1v) is 11.2. The van der Waals surface area contributed by atoms with Crippen LogP contribution in [0.15, 0.2) is 0 Å². The lowest BCUT2D eigenvalue weighted by Gasteiger charge is -2.38. The normalized spacial score (nSPS) is 15.5. The number of ketones is 1. The van der Waals surface area contributed by atoms with Crippen molar-refractivity contribution < 1.29 is 14.3 Å². The quantitative estimate of drug-likeness (QED) is 0.447. The average Bonchev–Trinajstić information content (AvgIpc) is 2.47. The Morgan fingerprint density at radius 1 is 0.966 bits per heavy atom. The van der Waals surface area contributed by atoms with Crippen LogP contribution >= 0.6 is 0 Å². The molecule has 3 N–H and O–H groups in total. The molecule has 0 unspecified atom stereocenters. The predicted molar refractivity (Wildman–Crippen MR) is 122 cm³/mol. The third-order valence-corrected chi connectivity index (χ3v) is 5.56. The van der Waals surface area contributed by atoms with Crippen molar-refractivity contribution in [2.75, 3.05) is 0 Å². The van der Waals surface area contributed by atoms with Gasteiger partial charge in [0.15, 0.2) is 5.78 Å². The lowest BCUT2D eigenvalue weighted by Crippen LogP contribution is -2.55. The van der Waals surface area contributed by atoms with Gasteiger partial charge in [-0.25, -0.2) is 0 Å². The minimum absolute atomic E-state index is 0.0669.